The van der Waals surface area contributed by atoms with E-state index in [9.17, 15) is 18.0 Å². The second-order valence-corrected chi connectivity index (χ2v) is 5.31. The number of ether oxygens (including phenoxy) is 1. The van der Waals surface area contributed by atoms with Gasteiger partial charge in [-0.05, 0) is 31.7 Å². The van der Waals surface area contributed by atoms with Gasteiger partial charge in [-0.15, -0.1) is 13.2 Å². The summed E-state index contributed by atoms with van der Waals surface area (Å²) in [5.41, 5.74) is -0.0239. The zero-order chi connectivity index (χ0) is 16.0. The number of nitrogens with one attached hydrogen (secondary N) is 2. The van der Waals surface area contributed by atoms with Crippen molar-refractivity contribution in [1.29, 1.82) is 0 Å². The van der Waals surface area contributed by atoms with Crippen LogP contribution in [0.2, 0.25) is 0 Å². The molecule has 0 aliphatic carbocycles. The number of carbonyl (C=O) groups is 1. The molecular weight excluding hydrogens is 353 g/mol. The van der Waals surface area contributed by atoms with Gasteiger partial charge in [0.2, 0.25) is 5.91 Å². The van der Waals surface area contributed by atoms with Crippen molar-refractivity contribution in [2.75, 3.05) is 11.9 Å². The summed E-state index contributed by atoms with van der Waals surface area (Å²) >= 11 is 3.06. The lowest BCUT2D eigenvalue weighted by molar-refractivity contribution is -0.274. The highest BCUT2D eigenvalue weighted by Crippen LogP contribution is 2.33. The molecule has 1 atom stereocenters. The third-order valence-corrected chi connectivity index (χ3v) is 2.98. The molecule has 0 heterocycles. The van der Waals surface area contributed by atoms with Crippen molar-refractivity contribution in [3.8, 4) is 5.75 Å². The van der Waals surface area contributed by atoms with Crippen LogP contribution < -0.4 is 15.4 Å². The number of hydrogen-bond donors (Lipinski definition) is 2. The van der Waals surface area contributed by atoms with Crippen molar-refractivity contribution in [2.45, 2.75) is 32.7 Å². The average Bonchev–Trinajstić information content (AvgIpc) is 2.30. The normalized spacial score (nSPS) is 12.9. The van der Waals surface area contributed by atoms with Crippen LogP contribution in [0.5, 0.6) is 5.75 Å². The Morgan fingerprint density at radius 2 is 2.10 bits per heavy atom. The van der Waals surface area contributed by atoms with Crippen molar-refractivity contribution in [2.24, 2.45) is 0 Å². The van der Waals surface area contributed by atoms with Crippen LogP contribution in [0.15, 0.2) is 22.7 Å². The Morgan fingerprint density at radius 3 is 2.67 bits per heavy atom. The molecule has 0 bridgehead atoms. The SMILES string of the molecule is CCNC(C)CC(=O)Nc1ccc(Br)cc1OC(F)(F)F. The molecule has 1 unspecified atom stereocenters. The highest BCUT2D eigenvalue weighted by Gasteiger charge is 2.32. The van der Waals surface area contributed by atoms with E-state index < -0.39 is 18.0 Å². The van der Waals surface area contributed by atoms with Crippen LogP contribution in [0, 0.1) is 0 Å². The van der Waals surface area contributed by atoms with Gasteiger partial charge in [0.05, 0.1) is 5.69 Å². The molecule has 0 aliphatic heterocycles. The molecule has 0 spiro atoms. The summed E-state index contributed by atoms with van der Waals surface area (Å²) in [6.07, 6.45) is -4.67. The van der Waals surface area contributed by atoms with E-state index in [-0.39, 0.29) is 18.2 Å². The van der Waals surface area contributed by atoms with Crippen LogP contribution in [-0.4, -0.2) is 24.9 Å². The summed E-state index contributed by atoms with van der Waals surface area (Å²) in [5.74, 6) is -0.848. The smallest absolute Gasteiger partial charge is 0.404 e. The topological polar surface area (TPSA) is 50.4 Å². The highest BCUT2D eigenvalue weighted by atomic mass is 79.9. The van der Waals surface area contributed by atoms with Crippen LogP contribution >= 0.6 is 15.9 Å². The van der Waals surface area contributed by atoms with Gasteiger partial charge in [0.15, 0.2) is 5.75 Å². The lowest BCUT2D eigenvalue weighted by Gasteiger charge is -2.16. The molecule has 4 nitrogen and oxygen atoms in total. The quantitative estimate of drug-likeness (QED) is 0.805. The van der Waals surface area contributed by atoms with Crippen LogP contribution in [0.3, 0.4) is 0 Å². The molecule has 2 N–H and O–H groups in total. The van der Waals surface area contributed by atoms with E-state index in [0.717, 1.165) is 6.07 Å². The maximum Gasteiger partial charge on any atom is 0.573 e. The first-order valence-corrected chi connectivity index (χ1v) is 7.09. The molecule has 1 amide bonds. The number of amides is 1. The van der Waals surface area contributed by atoms with Crippen LogP contribution in [0.4, 0.5) is 18.9 Å². The number of carbonyl (C=O) groups excluding carboxylic acids is 1. The molecule has 0 aliphatic rings. The fourth-order valence-electron chi connectivity index (χ4n) is 1.71. The first-order valence-electron chi connectivity index (χ1n) is 6.29. The Bertz CT molecular complexity index is 495. The monoisotopic (exact) mass is 368 g/mol. The first-order chi connectivity index (χ1) is 9.71. The van der Waals surface area contributed by atoms with Crippen molar-refractivity contribution >= 4 is 27.5 Å². The van der Waals surface area contributed by atoms with E-state index in [1.54, 1.807) is 0 Å². The van der Waals surface area contributed by atoms with E-state index in [1.807, 2.05) is 13.8 Å². The Labute approximate surface area is 129 Å². The predicted octanol–water partition coefficient (Wildman–Crippen LogP) is 3.67. The van der Waals surface area contributed by atoms with Gasteiger partial charge in [-0.25, -0.2) is 0 Å². The Morgan fingerprint density at radius 1 is 1.43 bits per heavy atom. The van der Waals surface area contributed by atoms with Crippen molar-refractivity contribution in [1.82, 2.24) is 5.32 Å². The first kappa shape index (κ1) is 17.8. The van der Waals surface area contributed by atoms with Gasteiger partial charge >= 0.3 is 6.36 Å². The van der Waals surface area contributed by atoms with Crippen molar-refractivity contribution < 1.29 is 22.7 Å². The predicted molar refractivity (Wildman–Crippen MR) is 77.2 cm³/mol. The second kappa shape index (κ2) is 7.65. The molecule has 0 radical (unpaired) electrons. The van der Waals surface area contributed by atoms with Gasteiger partial charge < -0.3 is 15.4 Å². The number of rotatable bonds is 6. The minimum Gasteiger partial charge on any atom is -0.404 e. The maximum atomic E-state index is 12.3. The van der Waals surface area contributed by atoms with E-state index >= 15 is 0 Å². The minimum atomic E-state index is -4.82. The average molecular weight is 369 g/mol. The van der Waals surface area contributed by atoms with Gasteiger partial charge in [0.1, 0.15) is 0 Å². The van der Waals surface area contributed by atoms with Crippen LogP contribution in [0.25, 0.3) is 0 Å². The molecule has 1 rings (SSSR count). The molecule has 1 aromatic rings. The van der Waals surface area contributed by atoms with E-state index in [2.05, 4.69) is 31.3 Å². The summed E-state index contributed by atoms with van der Waals surface area (Å²) in [5, 5.41) is 5.47. The highest BCUT2D eigenvalue weighted by molar-refractivity contribution is 9.10. The van der Waals surface area contributed by atoms with Gasteiger partial charge in [-0.3, -0.25) is 4.79 Å². The van der Waals surface area contributed by atoms with Gasteiger partial charge in [-0.2, -0.15) is 0 Å². The lowest BCUT2D eigenvalue weighted by atomic mass is 10.2. The van der Waals surface area contributed by atoms with E-state index in [1.165, 1.54) is 12.1 Å². The van der Waals surface area contributed by atoms with Crippen molar-refractivity contribution in [3.05, 3.63) is 22.7 Å². The summed E-state index contributed by atoms with van der Waals surface area (Å²) < 4.78 is 41.3. The molecule has 0 fully saturated rings. The molecule has 0 aromatic heterocycles. The Balaban J connectivity index is 2.80. The summed E-state index contributed by atoms with van der Waals surface area (Å²) in [6.45, 7) is 4.42. The number of hydrogen-bond acceptors (Lipinski definition) is 3. The second-order valence-electron chi connectivity index (χ2n) is 4.40. The molecule has 8 heteroatoms. The van der Waals surface area contributed by atoms with Crippen LogP contribution in [-0.2, 0) is 4.79 Å². The number of alkyl halides is 3. The molecule has 118 valence electrons. The summed E-state index contributed by atoms with van der Waals surface area (Å²) in [4.78, 5) is 11.8. The number of halogens is 4. The maximum absolute atomic E-state index is 12.3. The largest absolute Gasteiger partial charge is 0.573 e. The Kier molecular flexibility index (Phi) is 6.47. The molecule has 0 saturated carbocycles. The lowest BCUT2D eigenvalue weighted by Crippen LogP contribution is -2.30. The third-order valence-electron chi connectivity index (χ3n) is 2.49. The van der Waals surface area contributed by atoms with Gasteiger partial charge in [-0.1, -0.05) is 22.9 Å². The third kappa shape index (κ3) is 6.81. The summed E-state index contributed by atoms with van der Waals surface area (Å²) in [6, 6.07) is 3.95. The van der Waals surface area contributed by atoms with Crippen LogP contribution in [0.1, 0.15) is 20.3 Å². The Hall–Kier alpha value is -1.28. The number of anilines is 1. The van der Waals surface area contributed by atoms with Gasteiger partial charge in [0, 0.05) is 16.9 Å². The summed E-state index contributed by atoms with van der Waals surface area (Å²) in [7, 11) is 0. The van der Waals surface area contributed by atoms with E-state index in [0.29, 0.717) is 11.0 Å². The van der Waals surface area contributed by atoms with Crippen molar-refractivity contribution in [3.63, 3.8) is 0 Å². The van der Waals surface area contributed by atoms with E-state index in [4.69, 9.17) is 0 Å². The molecule has 0 saturated heterocycles. The molecular formula is C13H16BrF3N2O2. The minimum absolute atomic E-state index is 0.0239. The molecule has 1 aromatic carbocycles. The van der Waals surface area contributed by atoms with Gasteiger partial charge in [0.25, 0.3) is 0 Å². The molecule has 21 heavy (non-hydrogen) atoms. The standard InChI is InChI=1S/C13H16BrF3N2O2/c1-3-18-8(2)6-12(20)19-10-5-4-9(14)7-11(10)21-13(15,16)17/h4-5,7-8,18H,3,6H2,1-2H3,(H,19,20). The zero-order valence-electron chi connectivity index (χ0n) is 11.6. The fraction of sp³-hybridized carbons (Fsp3) is 0.462. The fourth-order valence-corrected chi connectivity index (χ4v) is 2.05. The zero-order valence-corrected chi connectivity index (χ0v) is 13.1. The number of benzene rings is 1.